The van der Waals surface area contributed by atoms with E-state index >= 15 is 4.39 Å². The number of anilines is 3. The van der Waals surface area contributed by atoms with Gasteiger partial charge in [0.05, 0.1) is 34.4 Å². The summed E-state index contributed by atoms with van der Waals surface area (Å²) in [6.45, 7) is 23.5. The molecule has 564 valence electrons. The highest BCUT2D eigenvalue weighted by atomic mass is 19.1. The van der Waals surface area contributed by atoms with Crippen LogP contribution in [-0.4, -0.2) is 133 Å². The van der Waals surface area contributed by atoms with Crippen LogP contribution >= 0.6 is 0 Å². The Balaban J connectivity index is 0.000000128. The highest BCUT2D eigenvalue weighted by molar-refractivity contribution is 6.29. The topological polar surface area (TPSA) is 170 Å². The zero-order valence-electron chi connectivity index (χ0n) is 64.9. The predicted molar refractivity (Wildman–Crippen MR) is 436 cm³/mol. The van der Waals surface area contributed by atoms with Gasteiger partial charge in [0.2, 0.25) is 17.7 Å². The summed E-state index contributed by atoms with van der Waals surface area (Å²) in [6, 6.07) is 55.0. The zero-order valence-corrected chi connectivity index (χ0v) is 61.9. The standard InChI is InChI=1S/C33H29N3O2.C30H32N4O2.C29H28FN3O3.CH4/c1-21-9-15-30(32(37)34-21)36-29-16-14-24(27-7-4-8-28(31(27)29)33(36)38)17-22-10-12-23(13-11-22)18-35-19-25-5-2-3-6-26(25)20-35;1-20-6-12-27(29(35)31-20)34-26-13-11-23(24-4-3-5-25(28(24)26)30(34)36)18-21-7-9-22(10-8-21)19-33-16-14-32(2)15-17-33;1-18-5-9-26(28(34)31-18)33-25-10-8-20(22-3-2-4-23(27(22)25)29(33)35)16-21-7-6-19(15-24(21)30)17-32-11-13-36-14-12-32;/h2-8,10-14,16,30H,1,9,15,17-20H2,(H,34,37);3-5,7-11,13,27H,1,6,12,14-19H2,2H3,(H,31,35);2-4,6-8,10,15,26H,1,5,9,11-14,16-17H2,(H,31,34);1H4/t30-;27-;26-;/m000./s1/i30D;27D;26D;. The van der Waals surface area contributed by atoms with Gasteiger partial charge in [-0.2, -0.15) is 0 Å². The van der Waals surface area contributed by atoms with Crippen LogP contribution in [0, 0.1) is 5.82 Å². The van der Waals surface area contributed by atoms with E-state index in [1.54, 1.807) is 36.4 Å². The smallest absolute Gasteiger partial charge is 0.259 e. The number of nitrogens with one attached hydrogen (secondary N) is 3. The maximum absolute atomic E-state index is 15.2. The van der Waals surface area contributed by atoms with Crippen LogP contribution in [0.3, 0.4) is 0 Å². The molecule has 19 rings (SSSR count). The summed E-state index contributed by atoms with van der Waals surface area (Å²) in [5, 5.41) is 13.2. The van der Waals surface area contributed by atoms with E-state index in [4.69, 9.17) is 8.85 Å². The van der Waals surface area contributed by atoms with E-state index in [0.29, 0.717) is 107 Å². The van der Waals surface area contributed by atoms with Crippen LogP contribution in [0.4, 0.5) is 21.5 Å². The van der Waals surface area contributed by atoms with Crippen LogP contribution in [0.1, 0.15) is 142 Å². The number of morpholine rings is 1. The SMILES string of the molecule is C.[2H][C@]1(N2C(=O)c3cccc4c(Cc5ccc(CN6CCN(C)CC6)cc5)ccc2c34)CCC(=C)NC1=O.[2H][C@]1(N2C(=O)c3cccc4c(Cc5ccc(CN6CCOCC6)cc5F)ccc2c34)CCC(=C)NC1=O.[2H][C@]1(N2C(=O)c3cccc4c(Cc5ccc(CN6Cc7ccccc7C6)cc5)ccc2c34)CCC(=C)NC1=O. The van der Waals surface area contributed by atoms with Crippen molar-refractivity contribution in [1.29, 1.82) is 0 Å². The maximum Gasteiger partial charge on any atom is 0.259 e. The predicted octanol–water partition coefficient (Wildman–Crippen LogP) is 14.4. The zero-order chi connectivity index (χ0) is 78.2. The van der Waals surface area contributed by atoms with Gasteiger partial charge in [0.25, 0.3) is 17.7 Å². The first-order chi connectivity index (χ1) is 54.6. The van der Waals surface area contributed by atoms with E-state index in [2.05, 4.69) is 135 Å². The minimum atomic E-state index is -1.76. The molecule has 0 spiro atoms. The molecule has 9 aliphatic heterocycles. The molecule has 18 heteroatoms. The number of piperazine rings is 1. The molecule has 3 N–H and O–H groups in total. The van der Waals surface area contributed by atoms with E-state index in [9.17, 15) is 28.8 Å². The van der Waals surface area contributed by atoms with Crippen LogP contribution in [-0.2, 0) is 71.1 Å². The molecule has 9 aliphatic rings. The van der Waals surface area contributed by atoms with E-state index in [1.165, 1.54) is 48.1 Å². The number of ether oxygens (including phenoxy) is 1. The Hall–Kier alpha value is -11.3. The van der Waals surface area contributed by atoms with Gasteiger partial charge in [-0.3, -0.25) is 58.2 Å². The number of carbonyl (C=O) groups is 6. The molecule has 17 nitrogen and oxygen atoms in total. The Morgan fingerprint density at radius 1 is 0.414 bits per heavy atom. The number of allylic oxidation sites excluding steroid dienone is 3. The van der Waals surface area contributed by atoms with Crippen molar-refractivity contribution in [3.05, 3.63) is 303 Å². The fraction of sp³-hybridized carbons (Fsp3) is 0.290. The average molecular weight is 1480 g/mol. The number of carbonyl (C=O) groups excluding carboxylic acids is 6. The van der Waals surface area contributed by atoms with Crippen molar-refractivity contribution in [2.24, 2.45) is 0 Å². The first-order valence-electron chi connectivity index (χ1n) is 39.7. The number of amides is 6. The molecule has 0 radical (unpaired) electrons. The summed E-state index contributed by atoms with van der Waals surface area (Å²) in [7, 11) is 2.18. The number of hydrogen-bond acceptors (Lipinski definition) is 11. The Morgan fingerprint density at radius 2 is 0.775 bits per heavy atom. The number of hydrogen-bond donors (Lipinski definition) is 3. The van der Waals surface area contributed by atoms with Gasteiger partial charge in [0.15, 0.2) is 0 Å². The molecule has 0 saturated carbocycles. The van der Waals surface area contributed by atoms with E-state index in [0.717, 1.165) is 127 Å². The molecule has 0 aliphatic carbocycles. The van der Waals surface area contributed by atoms with E-state index < -0.39 is 35.8 Å². The summed E-state index contributed by atoms with van der Waals surface area (Å²) in [6.07, 6.45) is 3.83. The third kappa shape index (κ3) is 14.7. The minimum Gasteiger partial charge on any atom is -0.379 e. The lowest BCUT2D eigenvalue weighted by Gasteiger charge is -2.32. The van der Waals surface area contributed by atoms with Crippen molar-refractivity contribution in [1.82, 2.24) is 35.6 Å². The largest absolute Gasteiger partial charge is 0.379 e. The lowest BCUT2D eigenvalue weighted by atomic mass is 9.95. The lowest BCUT2D eigenvalue weighted by Crippen LogP contribution is -2.51. The maximum atomic E-state index is 15.2. The highest BCUT2D eigenvalue weighted by Gasteiger charge is 2.44. The summed E-state index contributed by atoms with van der Waals surface area (Å²) in [5.41, 5.74) is 17.6. The average Bonchev–Trinajstić information content (AvgIpc) is 1.57. The van der Waals surface area contributed by atoms with Gasteiger partial charge >= 0.3 is 0 Å². The van der Waals surface area contributed by atoms with Crippen molar-refractivity contribution in [2.45, 2.75) is 116 Å². The van der Waals surface area contributed by atoms with Crippen molar-refractivity contribution in [3.63, 3.8) is 0 Å². The van der Waals surface area contributed by atoms with Crippen LogP contribution in [0.5, 0.6) is 0 Å². The first-order valence-corrected chi connectivity index (χ1v) is 38.2. The molecule has 0 unspecified atom stereocenters. The quantitative estimate of drug-likeness (QED) is 0.0892. The summed E-state index contributed by atoms with van der Waals surface area (Å²) < 4.78 is 47.5. The summed E-state index contributed by atoms with van der Waals surface area (Å²) in [5.74, 6) is -2.76. The number of fused-ring (bicyclic) bond motifs is 1. The van der Waals surface area contributed by atoms with E-state index in [-0.39, 0.29) is 50.2 Å². The third-order valence-electron chi connectivity index (χ3n) is 23.0. The lowest BCUT2D eigenvalue weighted by molar-refractivity contribution is -0.123. The molecular formula is C93H93FN10O7. The van der Waals surface area contributed by atoms with Crippen molar-refractivity contribution in [3.8, 4) is 0 Å². The fourth-order valence-electron chi connectivity index (χ4n) is 17.1. The third-order valence-corrected chi connectivity index (χ3v) is 23.0. The van der Waals surface area contributed by atoms with Crippen molar-refractivity contribution in [2.75, 3.05) is 74.2 Å². The normalized spacial score (nSPS) is 22.2. The minimum absolute atomic E-state index is 0. The van der Waals surface area contributed by atoms with Crippen LogP contribution < -0.4 is 30.7 Å². The highest BCUT2D eigenvalue weighted by Crippen LogP contribution is 2.46. The van der Waals surface area contributed by atoms with Crippen molar-refractivity contribution >= 4 is 84.8 Å². The van der Waals surface area contributed by atoms with Gasteiger partial charge in [-0.25, -0.2) is 4.39 Å². The molecule has 10 aromatic rings. The summed E-state index contributed by atoms with van der Waals surface area (Å²) in [4.78, 5) is 92.7. The van der Waals surface area contributed by atoms with Gasteiger partial charge in [0, 0.05) is 128 Å². The molecule has 111 heavy (non-hydrogen) atoms. The molecule has 0 bridgehead atoms. The van der Waals surface area contributed by atoms with Gasteiger partial charge in [-0.15, -0.1) is 0 Å². The molecule has 0 aromatic heterocycles. The first kappa shape index (κ1) is 70.2. The Kier molecular flexibility index (Phi) is 19.8. The number of piperidine rings is 3. The molecule has 10 aromatic carbocycles. The molecule has 5 saturated heterocycles. The molecular weight excluding hydrogens is 1390 g/mol. The van der Waals surface area contributed by atoms with Crippen LogP contribution in [0.25, 0.3) is 32.3 Å². The number of halogens is 1. The Morgan fingerprint density at radius 3 is 1.18 bits per heavy atom. The monoisotopic (exact) mass is 1480 g/mol. The van der Waals surface area contributed by atoms with E-state index in [1.807, 2.05) is 72.8 Å². The molecule has 3 atom stereocenters. The van der Waals surface area contributed by atoms with Crippen LogP contribution in [0.2, 0.25) is 0 Å². The molecule has 6 amide bonds. The number of nitrogens with zero attached hydrogens (tertiary/aromatic N) is 7. The molecule has 5 fully saturated rings. The summed E-state index contributed by atoms with van der Waals surface area (Å²) >= 11 is 0. The fourth-order valence-corrected chi connectivity index (χ4v) is 17.1. The molecule has 9 heterocycles. The van der Waals surface area contributed by atoms with Crippen LogP contribution in [0.15, 0.2) is 219 Å². The Labute approximate surface area is 651 Å². The Bertz CT molecular complexity index is 5600. The van der Waals surface area contributed by atoms with Crippen molar-refractivity contribution < 1.29 is 42.0 Å². The van der Waals surface area contributed by atoms with Gasteiger partial charge in [-0.05, 0) is 178 Å². The number of likely N-dealkylation sites (N-methyl/N-ethyl adjacent to an activating group) is 1. The van der Waals surface area contributed by atoms with Gasteiger partial charge < -0.3 is 25.6 Å². The second-order valence-electron chi connectivity index (χ2n) is 30.3. The number of rotatable bonds is 15. The second kappa shape index (κ2) is 31.3. The van der Waals surface area contributed by atoms with Gasteiger partial charge in [-0.1, -0.05) is 167 Å². The van der Waals surface area contributed by atoms with Gasteiger partial charge in [0.1, 0.15) is 23.9 Å². The second-order valence-corrected chi connectivity index (χ2v) is 30.3. The number of benzene rings is 10.